The molecule has 1 amide bonds. The number of alkyl halides is 3. The molecule has 2 saturated carbocycles. The molecule has 33 heavy (non-hydrogen) atoms. The van der Waals surface area contributed by atoms with Crippen molar-refractivity contribution in [2.45, 2.75) is 49.9 Å². The van der Waals surface area contributed by atoms with Gasteiger partial charge < -0.3 is 14.2 Å². The lowest BCUT2D eigenvalue weighted by atomic mass is 9.93. The van der Waals surface area contributed by atoms with Crippen LogP contribution in [0.5, 0.6) is 5.75 Å². The average Bonchev–Trinajstić information content (AvgIpc) is 3.75. The number of hydrogen-bond acceptors (Lipinski definition) is 5. The largest absolute Gasteiger partial charge is 0.497 e. The summed E-state index contributed by atoms with van der Waals surface area (Å²) in [6.07, 6.45) is -1.09. The van der Waals surface area contributed by atoms with E-state index in [4.69, 9.17) is 4.74 Å². The predicted octanol–water partition coefficient (Wildman–Crippen LogP) is 4.99. The maximum absolute atomic E-state index is 13.6. The van der Waals surface area contributed by atoms with Gasteiger partial charge in [-0.15, -0.1) is 0 Å². The van der Waals surface area contributed by atoms with Crippen LogP contribution in [0.25, 0.3) is 11.4 Å². The molecule has 1 aromatic heterocycles. The molecule has 6 nitrogen and oxygen atoms in total. The first-order valence-corrected chi connectivity index (χ1v) is 10.8. The summed E-state index contributed by atoms with van der Waals surface area (Å²) in [5.41, 5.74) is 1.84. The average molecular weight is 457 g/mol. The van der Waals surface area contributed by atoms with Gasteiger partial charge in [0.25, 0.3) is 0 Å². The van der Waals surface area contributed by atoms with E-state index in [1.54, 1.807) is 31.4 Å². The lowest BCUT2D eigenvalue weighted by Crippen LogP contribution is -2.40. The summed E-state index contributed by atoms with van der Waals surface area (Å²) < 4.78 is 47.6. The number of hydrogen-bond donors (Lipinski definition) is 0. The zero-order chi connectivity index (χ0) is 23.2. The van der Waals surface area contributed by atoms with Gasteiger partial charge in [0.15, 0.2) is 0 Å². The molecule has 2 aliphatic rings. The minimum atomic E-state index is -4.68. The predicted molar refractivity (Wildman–Crippen MR) is 112 cm³/mol. The van der Waals surface area contributed by atoms with Crippen molar-refractivity contribution in [3.8, 4) is 17.1 Å². The Morgan fingerprint density at radius 3 is 2.30 bits per heavy atom. The van der Waals surface area contributed by atoms with Gasteiger partial charge in [-0.05, 0) is 48.9 Å². The Kier molecular flexibility index (Phi) is 5.14. The van der Waals surface area contributed by atoms with Crippen LogP contribution in [0.3, 0.4) is 0 Å². The molecule has 0 saturated heterocycles. The van der Waals surface area contributed by atoms with Crippen LogP contribution in [0.2, 0.25) is 0 Å². The highest BCUT2D eigenvalue weighted by Gasteiger charge is 2.54. The molecule has 3 aromatic rings. The van der Waals surface area contributed by atoms with Crippen LogP contribution >= 0.6 is 0 Å². The molecular weight excluding hydrogens is 435 g/mol. The zero-order valence-corrected chi connectivity index (χ0v) is 17.9. The lowest BCUT2D eigenvalue weighted by molar-refractivity contribution is -0.159. The number of halogens is 3. The number of carbonyl (C=O) groups excluding carboxylic acids is 1. The van der Waals surface area contributed by atoms with Gasteiger partial charge in [0, 0.05) is 18.2 Å². The van der Waals surface area contributed by atoms with Crippen molar-refractivity contribution in [1.82, 2.24) is 15.0 Å². The Morgan fingerprint density at radius 2 is 1.79 bits per heavy atom. The SMILES string of the molecule is COc1ccc(C2(C(=O)N(Cc3ccc(-c4noc(C(F)(F)F)n4)cc3)C3CC3)CC2)cc1. The van der Waals surface area contributed by atoms with E-state index >= 15 is 0 Å². The fraction of sp³-hybridized carbons (Fsp3) is 0.375. The van der Waals surface area contributed by atoms with E-state index in [0.29, 0.717) is 12.1 Å². The molecule has 9 heteroatoms. The Bertz CT molecular complexity index is 1150. The van der Waals surface area contributed by atoms with Crippen molar-refractivity contribution >= 4 is 5.91 Å². The maximum atomic E-state index is 13.6. The molecule has 0 atom stereocenters. The topological polar surface area (TPSA) is 68.5 Å². The van der Waals surface area contributed by atoms with E-state index in [0.717, 1.165) is 42.6 Å². The molecule has 0 N–H and O–H groups in total. The third kappa shape index (κ3) is 4.19. The molecule has 5 rings (SSSR count). The van der Waals surface area contributed by atoms with Crippen molar-refractivity contribution in [2.75, 3.05) is 7.11 Å². The number of aromatic nitrogens is 2. The van der Waals surface area contributed by atoms with Crippen LogP contribution < -0.4 is 4.74 Å². The van der Waals surface area contributed by atoms with Gasteiger partial charge in [-0.2, -0.15) is 18.2 Å². The fourth-order valence-electron chi connectivity index (χ4n) is 4.10. The zero-order valence-electron chi connectivity index (χ0n) is 17.9. The molecular formula is C24H22F3N3O3. The molecule has 2 fully saturated rings. The normalized spacial score (nSPS) is 17.0. The van der Waals surface area contributed by atoms with Crippen LogP contribution in [0.15, 0.2) is 53.1 Å². The first kappa shape index (κ1) is 21.5. The van der Waals surface area contributed by atoms with E-state index in [1.807, 2.05) is 29.2 Å². The number of rotatable bonds is 7. The summed E-state index contributed by atoms with van der Waals surface area (Å²) in [5, 5.41) is 3.42. The summed E-state index contributed by atoms with van der Waals surface area (Å²) in [6, 6.07) is 14.8. The second-order valence-corrected chi connectivity index (χ2v) is 8.59. The van der Waals surface area contributed by atoms with E-state index in [-0.39, 0.29) is 17.8 Å². The molecule has 2 aliphatic carbocycles. The van der Waals surface area contributed by atoms with Gasteiger partial charge in [-0.3, -0.25) is 4.79 Å². The Balaban J connectivity index is 1.33. The Hall–Kier alpha value is -3.36. The van der Waals surface area contributed by atoms with Crippen molar-refractivity contribution < 1.29 is 27.2 Å². The summed E-state index contributed by atoms with van der Waals surface area (Å²) in [5.74, 6) is -0.613. The Morgan fingerprint density at radius 1 is 1.12 bits per heavy atom. The van der Waals surface area contributed by atoms with Crippen LogP contribution in [0, 0.1) is 0 Å². The van der Waals surface area contributed by atoms with Crippen molar-refractivity contribution in [2.24, 2.45) is 0 Å². The smallest absolute Gasteiger partial charge is 0.471 e. The lowest BCUT2D eigenvalue weighted by Gasteiger charge is -2.28. The molecule has 0 radical (unpaired) electrons. The summed E-state index contributed by atoms with van der Waals surface area (Å²) in [4.78, 5) is 19.0. The quantitative estimate of drug-likeness (QED) is 0.500. The van der Waals surface area contributed by atoms with Gasteiger partial charge in [0.2, 0.25) is 11.7 Å². The molecule has 0 unspecified atom stereocenters. The van der Waals surface area contributed by atoms with Crippen LogP contribution in [0.4, 0.5) is 13.2 Å². The number of methoxy groups -OCH3 is 1. The van der Waals surface area contributed by atoms with E-state index < -0.39 is 17.5 Å². The van der Waals surface area contributed by atoms with Crippen LogP contribution in [0.1, 0.15) is 42.7 Å². The highest BCUT2D eigenvalue weighted by atomic mass is 19.4. The van der Waals surface area contributed by atoms with Gasteiger partial charge >= 0.3 is 12.1 Å². The molecule has 0 aliphatic heterocycles. The molecule has 1 heterocycles. The number of benzene rings is 2. The van der Waals surface area contributed by atoms with E-state index in [9.17, 15) is 18.0 Å². The van der Waals surface area contributed by atoms with Gasteiger partial charge in [-0.25, -0.2) is 0 Å². The molecule has 172 valence electrons. The van der Waals surface area contributed by atoms with Gasteiger partial charge in [0.1, 0.15) is 5.75 Å². The summed E-state index contributed by atoms with van der Waals surface area (Å²) in [6.45, 7) is 0.446. The van der Waals surface area contributed by atoms with Gasteiger partial charge in [0.05, 0.1) is 12.5 Å². The maximum Gasteiger partial charge on any atom is 0.471 e. The molecule has 0 bridgehead atoms. The second kappa shape index (κ2) is 7.90. The second-order valence-electron chi connectivity index (χ2n) is 8.59. The minimum absolute atomic E-state index is 0.125. The fourth-order valence-corrected chi connectivity index (χ4v) is 4.10. The monoisotopic (exact) mass is 457 g/mol. The summed E-state index contributed by atoms with van der Waals surface area (Å²) >= 11 is 0. The van der Waals surface area contributed by atoms with Crippen molar-refractivity contribution in [3.05, 3.63) is 65.5 Å². The van der Waals surface area contributed by atoms with E-state index in [2.05, 4.69) is 14.7 Å². The third-order valence-electron chi connectivity index (χ3n) is 6.28. The summed E-state index contributed by atoms with van der Waals surface area (Å²) in [7, 11) is 1.61. The Labute approximate surface area is 188 Å². The molecule has 0 spiro atoms. The van der Waals surface area contributed by atoms with Crippen LogP contribution in [-0.4, -0.2) is 34.1 Å². The standard InChI is InChI=1S/C24H22F3N3O3/c1-32-19-10-6-17(7-11-19)23(12-13-23)22(31)30(18-8-9-18)14-15-2-4-16(5-3-15)20-28-21(33-29-20)24(25,26)27/h2-7,10-11,18H,8-9,12-14H2,1H3. The number of ether oxygens (including phenoxy) is 1. The first-order valence-electron chi connectivity index (χ1n) is 10.8. The highest BCUT2D eigenvalue weighted by Crippen LogP contribution is 2.51. The van der Waals surface area contributed by atoms with E-state index in [1.165, 1.54) is 0 Å². The highest BCUT2D eigenvalue weighted by molar-refractivity contribution is 5.91. The van der Waals surface area contributed by atoms with Crippen molar-refractivity contribution in [1.29, 1.82) is 0 Å². The number of amides is 1. The van der Waals surface area contributed by atoms with Gasteiger partial charge in [-0.1, -0.05) is 41.6 Å². The number of nitrogens with zero attached hydrogens (tertiary/aromatic N) is 3. The van der Waals surface area contributed by atoms with Crippen molar-refractivity contribution in [3.63, 3.8) is 0 Å². The molecule has 2 aromatic carbocycles. The first-order chi connectivity index (χ1) is 15.8. The third-order valence-corrected chi connectivity index (χ3v) is 6.28. The number of carbonyl (C=O) groups is 1. The van der Waals surface area contributed by atoms with Crippen LogP contribution in [-0.2, 0) is 22.9 Å². The minimum Gasteiger partial charge on any atom is -0.497 e.